The lowest BCUT2D eigenvalue weighted by Gasteiger charge is -2.51. The Morgan fingerprint density at radius 1 is 1.56 bits per heavy atom. The van der Waals surface area contributed by atoms with Gasteiger partial charge in [0.05, 0.1) is 25.2 Å². The Balaban J connectivity index is 1.75. The van der Waals surface area contributed by atoms with E-state index in [1.807, 2.05) is 0 Å². The van der Waals surface area contributed by atoms with Gasteiger partial charge in [-0.05, 0) is 6.42 Å². The maximum Gasteiger partial charge on any atom is 0.222 e. The van der Waals surface area contributed by atoms with E-state index in [9.17, 15) is 4.79 Å². The lowest BCUT2D eigenvalue weighted by molar-refractivity contribution is -0.135. The molecule has 2 fully saturated rings. The summed E-state index contributed by atoms with van der Waals surface area (Å²) >= 11 is 0. The van der Waals surface area contributed by atoms with Crippen LogP contribution in [0.2, 0.25) is 0 Å². The maximum atomic E-state index is 11.9. The van der Waals surface area contributed by atoms with Gasteiger partial charge in [0.2, 0.25) is 5.91 Å². The van der Waals surface area contributed by atoms with Gasteiger partial charge in [0.15, 0.2) is 0 Å². The van der Waals surface area contributed by atoms with Crippen molar-refractivity contribution in [1.29, 1.82) is 0 Å². The van der Waals surface area contributed by atoms with Crippen LogP contribution in [0.5, 0.6) is 0 Å². The molecule has 0 radical (unpaired) electrons. The summed E-state index contributed by atoms with van der Waals surface area (Å²) in [4.78, 5) is 11.9. The number of morpholine rings is 1. The number of rotatable bonds is 4. The minimum atomic E-state index is 0.0140. The summed E-state index contributed by atoms with van der Waals surface area (Å²) in [7, 11) is 1.73. The minimum Gasteiger partial charge on any atom is -0.381 e. The first kappa shape index (κ1) is 13.8. The van der Waals surface area contributed by atoms with Crippen molar-refractivity contribution in [2.24, 2.45) is 5.41 Å². The highest BCUT2D eigenvalue weighted by Gasteiger charge is 2.49. The molecule has 3 atom stereocenters. The van der Waals surface area contributed by atoms with Crippen LogP contribution in [-0.4, -0.2) is 51.0 Å². The maximum absolute atomic E-state index is 11.9. The fourth-order valence-corrected chi connectivity index (χ4v) is 2.74. The largest absolute Gasteiger partial charge is 0.381 e. The zero-order chi connectivity index (χ0) is 13.2. The molecule has 1 saturated heterocycles. The van der Waals surface area contributed by atoms with Crippen LogP contribution in [0.1, 0.15) is 26.7 Å². The average Bonchev–Trinajstić information content (AvgIpc) is 2.35. The van der Waals surface area contributed by atoms with Crippen molar-refractivity contribution in [3.63, 3.8) is 0 Å². The van der Waals surface area contributed by atoms with Crippen LogP contribution in [-0.2, 0) is 14.3 Å². The van der Waals surface area contributed by atoms with Gasteiger partial charge in [0, 0.05) is 31.7 Å². The van der Waals surface area contributed by atoms with Crippen LogP contribution in [0.3, 0.4) is 0 Å². The summed E-state index contributed by atoms with van der Waals surface area (Å²) in [6, 6.07) is 0.214. The fourth-order valence-electron chi connectivity index (χ4n) is 2.74. The van der Waals surface area contributed by atoms with Crippen molar-refractivity contribution in [2.45, 2.75) is 44.9 Å². The first-order valence-corrected chi connectivity index (χ1v) is 6.68. The Kier molecular flexibility index (Phi) is 4.25. The van der Waals surface area contributed by atoms with Gasteiger partial charge in [-0.2, -0.15) is 0 Å². The van der Waals surface area contributed by atoms with E-state index in [-0.39, 0.29) is 29.6 Å². The minimum absolute atomic E-state index is 0.0140. The summed E-state index contributed by atoms with van der Waals surface area (Å²) < 4.78 is 10.9. The number of nitrogens with one attached hydrogen (secondary N) is 2. The predicted octanol–water partition coefficient (Wildman–Crippen LogP) is 0.295. The highest BCUT2D eigenvalue weighted by Crippen LogP contribution is 2.42. The van der Waals surface area contributed by atoms with Gasteiger partial charge in [-0.3, -0.25) is 4.79 Å². The van der Waals surface area contributed by atoms with Crippen molar-refractivity contribution in [2.75, 3.05) is 26.8 Å². The molecule has 5 heteroatoms. The van der Waals surface area contributed by atoms with E-state index < -0.39 is 0 Å². The third-order valence-electron chi connectivity index (χ3n) is 4.21. The number of carbonyl (C=O) groups is 1. The summed E-state index contributed by atoms with van der Waals surface area (Å²) in [5.74, 6) is 0.0799. The van der Waals surface area contributed by atoms with Crippen molar-refractivity contribution in [3.8, 4) is 0 Å². The number of amides is 1. The van der Waals surface area contributed by atoms with Gasteiger partial charge in [-0.15, -0.1) is 0 Å². The third-order valence-corrected chi connectivity index (χ3v) is 4.21. The van der Waals surface area contributed by atoms with E-state index >= 15 is 0 Å². The smallest absolute Gasteiger partial charge is 0.222 e. The van der Waals surface area contributed by atoms with E-state index in [1.165, 1.54) is 0 Å². The molecule has 2 rings (SSSR count). The fraction of sp³-hybridized carbons (Fsp3) is 0.923. The van der Waals surface area contributed by atoms with Crippen LogP contribution in [0.15, 0.2) is 0 Å². The van der Waals surface area contributed by atoms with E-state index in [2.05, 4.69) is 24.5 Å². The predicted molar refractivity (Wildman–Crippen MR) is 68.4 cm³/mol. The standard InChI is InChI=1S/C13H24N2O3/c1-13(2)10(7-11(13)17-3)15-12(16)6-9-8-14-4-5-18-9/h9-11,14H,4-8H2,1-3H3,(H,15,16). The van der Waals surface area contributed by atoms with Gasteiger partial charge < -0.3 is 20.1 Å². The van der Waals surface area contributed by atoms with E-state index in [4.69, 9.17) is 9.47 Å². The highest BCUT2D eigenvalue weighted by molar-refractivity contribution is 5.77. The first-order chi connectivity index (χ1) is 8.54. The summed E-state index contributed by atoms with van der Waals surface area (Å²) in [5.41, 5.74) is 0.0239. The van der Waals surface area contributed by atoms with Gasteiger partial charge in [0.25, 0.3) is 0 Å². The van der Waals surface area contributed by atoms with Gasteiger partial charge >= 0.3 is 0 Å². The Morgan fingerprint density at radius 2 is 2.33 bits per heavy atom. The number of hydrogen-bond acceptors (Lipinski definition) is 4. The number of ether oxygens (including phenoxy) is 2. The highest BCUT2D eigenvalue weighted by atomic mass is 16.5. The van der Waals surface area contributed by atoms with E-state index in [0.717, 1.165) is 19.5 Å². The Labute approximate surface area is 109 Å². The summed E-state index contributed by atoms with van der Waals surface area (Å²) in [6.45, 7) is 6.60. The second kappa shape index (κ2) is 5.55. The van der Waals surface area contributed by atoms with Crippen LogP contribution >= 0.6 is 0 Å². The van der Waals surface area contributed by atoms with Crippen LogP contribution in [0.4, 0.5) is 0 Å². The van der Waals surface area contributed by atoms with E-state index in [1.54, 1.807) is 7.11 Å². The molecule has 1 aliphatic heterocycles. The summed E-state index contributed by atoms with van der Waals surface area (Å²) in [6.07, 6.45) is 1.60. The molecule has 18 heavy (non-hydrogen) atoms. The SMILES string of the molecule is COC1CC(NC(=O)CC2CNCCO2)C1(C)C. The van der Waals surface area contributed by atoms with Gasteiger partial charge in [-0.1, -0.05) is 13.8 Å². The molecule has 0 aromatic carbocycles. The molecule has 0 spiro atoms. The molecule has 3 unspecified atom stereocenters. The molecular formula is C13H24N2O3. The first-order valence-electron chi connectivity index (χ1n) is 6.68. The lowest BCUT2D eigenvalue weighted by atomic mass is 9.64. The van der Waals surface area contributed by atoms with E-state index in [0.29, 0.717) is 13.0 Å². The molecule has 1 saturated carbocycles. The van der Waals surface area contributed by atoms with Crippen molar-refractivity contribution in [3.05, 3.63) is 0 Å². The second-order valence-electron chi connectivity index (χ2n) is 5.80. The zero-order valence-electron chi connectivity index (χ0n) is 11.5. The molecule has 1 heterocycles. The molecule has 2 N–H and O–H groups in total. The Hall–Kier alpha value is -0.650. The molecule has 104 valence electrons. The average molecular weight is 256 g/mol. The molecule has 0 bridgehead atoms. The Bertz CT molecular complexity index is 301. The lowest BCUT2D eigenvalue weighted by Crippen LogP contribution is -2.62. The molecule has 2 aliphatic rings. The molecule has 0 aromatic rings. The second-order valence-corrected chi connectivity index (χ2v) is 5.80. The Morgan fingerprint density at radius 3 is 2.89 bits per heavy atom. The van der Waals surface area contributed by atoms with Crippen molar-refractivity contribution in [1.82, 2.24) is 10.6 Å². The van der Waals surface area contributed by atoms with Crippen molar-refractivity contribution >= 4 is 5.91 Å². The van der Waals surface area contributed by atoms with Crippen LogP contribution in [0, 0.1) is 5.41 Å². The monoisotopic (exact) mass is 256 g/mol. The number of hydrogen-bond donors (Lipinski definition) is 2. The van der Waals surface area contributed by atoms with Gasteiger partial charge in [0.1, 0.15) is 0 Å². The van der Waals surface area contributed by atoms with Crippen molar-refractivity contribution < 1.29 is 14.3 Å². The number of methoxy groups -OCH3 is 1. The zero-order valence-corrected chi connectivity index (χ0v) is 11.5. The van der Waals surface area contributed by atoms with Gasteiger partial charge in [-0.25, -0.2) is 0 Å². The molecular weight excluding hydrogens is 232 g/mol. The molecule has 1 amide bonds. The molecule has 5 nitrogen and oxygen atoms in total. The topological polar surface area (TPSA) is 59.6 Å². The quantitative estimate of drug-likeness (QED) is 0.759. The summed E-state index contributed by atoms with van der Waals surface area (Å²) in [5, 5.41) is 6.32. The van der Waals surface area contributed by atoms with Crippen LogP contribution < -0.4 is 10.6 Å². The third kappa shape index (κ3) is 2.84. The normalized spacial score (nSPS) is 34.7. The molecule has 1 aliphatic carbocycles. The number of carbonyl (C=O) groups excluding carboxylic acids is 1. The molecule has 0 aromatic heterocycles. The van der Waals surface area contributed by atoms with Crippen LogP contribution in [0.25, 0.3) is 0 Å².